The minimum atomic E-state index is 0.384. The molecule has 0 bridgehead atoms. The molecule has 2 aromatic rings. The number of phenols is 1. The van der Waals surface area contributed by atoms with E-state index in [0.717, 1.165) is 16.7 Å². The molecule has 2 rings (SSSR count). The van der Waals surface area contributed by atoms with Crippen molar-refractivity contribution in [3.8, 4) is 5.75 Å². The molecule has 0 unspecified atom stereocenters. The molecule has 19 heavy (non-hydrogen) atoms. The molecular weight excluding hydrogens is 237 g/mol. The monoisotopic (exact) mass is 255 g/mol. The van der Waals surface area contributed by atoms with E-state index in [2.05, 4.69) is 5.32 Å². The number of carbonyl (C=O) groups is 1. The quantitative estimate of drug-likeness (QED) is 0.826. The van der Waals surface area contributed by atoms with Crippen LogP contribution in [0, 0.1) is 13.8 Å². The van der Waals surface area contributed by atoms with Crippen molar-refractivity contribution < 1.29 is 9.90 Å². The van der Waals surface area contributed by atoms with E-state index in [1.54, 1.807) is 6.07 Å². The molecule has 0 radical (unpaired) electrons. The van der Waals surface area contributed by atoms with Crippen molar-refractivity contribution in [3.05, 3.63) is 58.9 Å². The third-order valence-electron chi connectivity index (χ3n) is 2.81. The number of nitrogens with one attached hydrogen (secondary N) is 1. The van der Waals surface area contributed by atoms with Gasteiger partial charge in [-0.1, -0.05) is 12.1 Å². The molecule has 0 spiro atoms. The summed E-state index contributed by atoms with van der Waals surface area (Å²) in [6.45, 7) is 6.45. The topological polar surface area (TPSA) is 49.3 Å². The van der Waals surface area contributed by atoms with Crippen LogP contribution in [0.15, 0.2) is 42.3 Å². The molecule has 4 heteroatoms. The van der Waals surface area contributed by atoms with E-state index in [-0.39, 0.29) is 0 Å². The first-order valence-electron chi connectivity index (χ1n) is 6.11. The van der Waals surface area contributed by atoms with Gasteiger partial charge in [0.1, 0.15) is 5.75 Å². The van der Waals surface area contributed by atoms with E-state index in [0.29, 0.717) is 18.7 Å². The Bertz CT molecular complexity index is 495. The van der Waals surface area contributed by atoms with Gasteiger partial charge in [-0.05, 0) is 31.0 Å². The number of aryl methyl sites for hydroxylation is 1. The fourth-order valence-corrected chi connectivity index (χ4v) is 1.49. The molecule has 2 N–H and O–H groups in total. The molecule has 0 fully saturated rings. The standard InChI is InChI=1S/C8H10O.C7H8BNO/c1-6-4-3-5-8(9)7(6)2;10-6-9-5-7-1-3-8-4-2-7/h3-5,9H,1-2H3;1-4,6H,5H2,(H,9,10). The second-order valence-corrected chi connectivity index (χ2v) is 4.20. The van der Waals surface area contributed by atoms with Crippen LogP contribution in [-0.2, 0) is 11.3 Å². The van der Waals surface area contributed by atoms with Crippen LogP contribution in [0.2, 0.25) is 0 Å². The summed E-state index contributed by atoms with van der Waals surface area (Å²) in [5, 5.41) is 11.7. The number of rotatable bonds is 3. The maximum atomic E-state index is 9.87. The zero-order valence-corrected chi connectivity index (χ0v) is 11.3. The average molecular weight is 255 g/mol. The van der Waals surface area contributed by atoms with Gasteiger partial charge in [0.2, 0.25) is 0 Å². The summed E-state index contributed by atoms with van der Waals surface area (Å²) in [6.07, 6.45) is 0.701. The van der Waals surface area contributed by atoms with Gasteiger partial charge in [0.05, 0.1) is 0 Å². The Hall–Kier alpha value is -2.10. The van der Waals surface area contributed by atoms with E-state index in [1.165, 1.54) is 0 Å². The second kappa shape index (κ2) is 8.09. The van der Waals surface area contributed by atoms with Gasteiger partial charge in [0.25, 0.3) is 0 Å². The summed E-state index contributed by atoms with van der Waals surface area (Å²) in [5.41, 5.74) is 3.22. The molecule has 0 aliphatic rings. The van der Waals surface area contributed by atoms with E-state index in [4.69, 9.17) is 5.11 Å². The number of carbonyl (C=O) groups excluding carboxylic acids is 1. The van der Waals surface area contributed by atoms with Gasteiger partial charge in [-0.15, -0.1) is 0 Å². The third-order valence-corrected chi connectivity index (χ3v) is 2.81. The van der Waals surface area contributed by atoms with Crippen LogP contribution in [0.1, 0.15) is 16.7 Å². The van der Waals surface area contributed by atoms with Crippen LogP contribution in [0.3, 0.4) is 0 Å². The number of benzene rings is 1. The number of amides is 1. The van der Waals surface area contributed by atoms with Gasteiger partial charge in [0.15, 0.2) is 0 Å². The van der Waals surface area contributed by atoms with Crippen molar-refractivity contribution in [3.63, 3.8) is 0 Å². The van der Waals surface area contributed by atoms with Gasteiger partial charge < -0.3 is 5.11 Å². The van der Waals surface area contributed by atoms with Crippen LogP contribution < -0.4 is 5.32 Å². The predicted molar refractivity (Wildman–Crippen MR) is 78.3 cm³/mol. The molecule has 0 saturated carbocycles. The first-order chi connectivity index (χ1) is 9.15. The normalized spacial score (nSPS) is 8.95. The van der Waals surface area contributed by atoms with Crippen molar-refractivity contribution in [1.82, 2.24) is 5.32 Å². The molecule has 0 saturated heterocycles. The van der Waals surface area contributed by atoms with Crippen LogP contribution in [0.4, 0.5) is 0 Å². The van der Waals surface area contributed by atoms with Gasteiger partial charge in [-0.3, -0.25) is 0 Å². The summed E-state index contributed by atoms with van der Waals surface area (Å²) >= 11 is 0. The third kappa shape index (κ3) is 5.38. The Morgan fingerprint density at radius 3 is 2.42 bits per heavy atom. The van der Waals surface area contributed by atoms with Crippen LogP contribution in [0.5, 0.6) is 5.75 Å². The Morgan fingerprint density at radius 1 is 1.21 bits per heavy atom. The summed E-state index contributed by atoms with van der Waals surface area (Å²) in [5.74, 6) is 4.28. The predicted octanol–water partition coefficient (Wildman–Crippen LogP) is 2.28. The first kappa shape index (κ1) is 15.0. The average Bonchev–Trinajstić information content (AvgIpc) is 2.44. The summed E-state index contributed by atoms with van der Waals surface area (Å²) < 4.78 is 0. The number of hydrogen-bond acceptors (Lipinski definition) is 2. The molecule has 3 nitrogen and oxygen atoms in total. The zero-order chi connectivity index (χ0) is 14.1. The molecule has 1 amide bonds. The van der Waals surface area contributed by atoms with E-state index >= 15 is 0 Å². The van der Waals surface area contributed by atoms with Crippen LogP contribution >= 0.6 is 0 Å². The zero-order valence-electron chi connectivity index (χ0n) is 11.3. The van der Waals surface area contributed by atoms with Gasteiger partial charge in [-0.25, -0.2) is 0 Å². The fourth-order valence-electron chi connectivity index (χ4n) is 1.49. The summed E-state index contributed by atoms with van der Waals surface area (Å²) in [4.78, 5) is 9.87. The first-order valence-corrected chi connectivity index (χ1v) is 6.11. The molecule has 0 atom stereocenters. The fraction of sp³-hybridized carbons (Fsp3) is 0.200. The molecule has 0 aliphatic carbocycles. The Balaban J connectivity index is 0.000000191. The van der Waals surface area contributed by atoms with E-state index in [9.17, 15) is 4.79 Å². The maximum absolute atomic E-state index is 9.87. The van der Waals surface area contributed by atoms with Gasteiger partial charge >= 0.3 is 59.6 Å². The molecule has 0 aliphatic heterocycles. The summed E-state index contributed by atoms with van der Waals surface area (Å²) in [6, 6.07) is 9.46. The SMILES string of the molecule is Cc1cccc(O)c1C.O=CNCc1ccbcc1. The van der Waals surface area contributed by atoms with Crippen molar-refractivity contribution in [2.24, 2.45) is 0 Å². The summed E-state index contributed by atoms with van der Waals surface area (Å²) in [7, 11) is 0. The number of hydrogen-bond donors (Lipinski definition) is 2. The van der Waals surface area contributed by atoms with Gasteiger partial charge in [0, 0.05) is 0 Å². The molecule has 1 heterocycles. The van der Waals surface area contributed by atoms with Gasteiger partial charge in [-0.2, -0.15) is 0 Å². The molecule has 1 aromatic carbocycles. The molecule has 98 valence electrons. The van der Waals surface area contributed by atoms with Crippen molar-refractivity contribution in [2.45, 2.75) is 20.4 Å². The van der Waals surface area contributed by atoms with E-state index in [1.807, 2.05) is 56.9 Å². The number of phenolic OH excluding ortho intramolecular Hbond substituents is 1. The van der Waals surface area contributed by atoms with Crippen LogP contribution in [-0.4, -0.2) is 18.4 Å². The van der Waals surface area contributed by atoms with Crippen LogP contribution in [0.25, 0.3) is 0 Å². The Kier molecular flexibility index (Phi) is 6.37. The van der Waals surface area contributed by atoms with Crippen molar-refractivity contribution >= 4 is 13.3 Å². The van der Waals surface area contributed by atoms with E-state index < -0.39 is 0 Å². The molecule has 1 aromatic heterocycles. The Labute approximate surface area is 114 Å². The Morgan fingerprint density at radius 2 is 1.89 bits per heavy atom. The van der Waals surface area contributed by atoms with Crippen molar-refractivity contribution in [1.29, 1.82) is 0 Å². The van der Waals surface area contributed by atoms with Crippen molar-refractivity contribution in [2.75, 3.05) is 0 Å². The second-order valence-electron chi connectivity index (χ2n) is 4.20. The molecular formula is C15H18BNO2. The minimum absolute atomic E-state index is 0.384. The number of aromatic hydroxyl groups is 1.